The number of pyridine rings is 1. The normalized spacial score (nSPS) is 21.9. The fraction of sp³-hybridized carbons (Fsp3) is 0.654. The second-order valence-corrected chi connectivity index (χ2v) is 9.49. The van der Waals surface area contributed by atoms with Crippen molar-refractivity contribution in [3.05, 3.63) is 23.4 Å². The van der Waals surface area contributed by atoms with Crippen LogP contribution < -0.4 is 4.74 Å². The van der Waals surface area contributed by atoms with Gasteiger partial charge in [0.05, 0.1) is 19.2 Å². The van der Waals surface area contributed by atoms with E-state index in [-0.39, 0.29) is 54.9 Å². The van der Waals surface area contributed by atoms with Crippen LogP contribution in [-0.2, 0) is 9.53 Å². The number of aliphatic hydroxyl groups is 1. The largest absolute Gasteiger partial charge is 0.472 e. The Hall–Kier alpha value is -2.63. The number of hydrogen-bond donors (Lipinski definition) is 1. The van der Waals surface area contributed by atoms with Crippen molar-refractivity contribution in [2.75, 3.05) is 40.5 Å². The molecule has 0 spiro atoms. The molecule has 1 N–H and O–H groups in total. The van der Waals surface area contributed by atoms with Crippen LogP contribution in [0.1, 0.15) is 61.9 Å². The first-order chi connectivity index (χ1) is 16.3. The number of nitrogens with zero attached hydrogens (tertiary/aromatic N) is 3. The Morgan fingerprint density at radius 2 is 2.12 bits per heavy atom. The van der Waals surface area contributed by atoms with E-state index >= 15 is 0 Å². The molecule has 3 atom stereocenters. The van der Waals surface area contributed by atoms with E-state index in [1.165, 1.54) is 6.42 Å². The van der Waals surface area contributed by atoms with Crippen molar-refractivity contribution in [3.63, 3.8) is 0 Å². The molecule has 8 heteroatoms. The lowest BCUT2D eigenvalue weighted by atomic mass is 9.88. The van der Waals surface area contributed by atoms with Crippen molar-refractivity contribution in [2.45, 2.75) is 58.1 Å². The summed E-state index contributed by atoms with van der Waals surface area (Å²) in [6.45, 7) is 4.74. The Bertz CT molecular complexity index is 919. The number of carbonyl (C=O) groups is 2. The van der Waals surface area contributed by atoms with Gasteiger partial charge in [0.1, 0.15) is 18.3 Å². The van der Waals surface area contributed by atoms with Gasteiger partial charge in [-0.1, -0.05) is 38.0 Å². The highest BCUT2D eigenvalue weighted by molar-refractivity contribution is 5.97. The van der Waals surface area contributed by atoms with Crippen LogP contribution in [0.25, 0.3) is 0 Å². The van der Waals surface area contributed by atoms with Crippen LogP contribution in [0.5, 0.6) is 5.88 Å². The molecule has 3 rings (SSSR count). The van der Waals surface area contributed by atoms with Gasteiger partial charge in [-0.3, -0.25) is 9.59 Å². The number of carbonyl (C=O) groups excluding carboxylic acids is 2. The lowest BCUT2D eigenvalue weighted by Crippen LogP contribution is -2.51. The van der Waals surface area contributed by atoms with Crippen LogP contribution in [0.4, 0.5) is 0 Å². The molecule has 34 heavy (non-hydrogen) atoms. The molecular weight excluding hydrogens is 434 g/mol. The molecule has 1 fully saturated rings. The first-order valence-electron chi connectivity index (χ1n) is 12.2. The van der Waals surface area contributed by atoms with Crippen molar-refractivity contribution in [3.8, 4) is 17.7 Å². The summed E-state index contributed by atoms with van der Waals surface area (Å²) >= 11 is 0. The Morgan fingerprint density at radius 3 is 2.79 bits per heavy atom. The van der Waals surface area contributed by atoms with Gasteiger partial charge < -0.3 is 24.4 Å². The minimum atomic E-state index is -0.369. The Morgan fingerprint density at radius 1 is 1.38 bits per heavy atom. The van der Waals surface area contributed by atoms with Crippen molar-refractivity contribution in [2.24, 2.45) is 11.8 Å². The number of aromatic nitrogens is 1. The van der Waals surface area contributed by atoms with Crippen LogP contribution >= 0.6 is 0 Å². The molecule has 186 valence electrons. The van der Waals surface area contributed by atoms with Gasteiger partial charge in [0.15, 0.2) is 0 Å². The van der Waals surface area contributed by atoms with E-state index < -0.39 is 0 Å². The molecule has 0 saturated heterocycles. The molecule has 1 aliphatic heterocycles. The van der Waals surface area contributed by atoms with Crippen LogP contribution in [0, 0.1) is 23.7 Å². The lowest BCUT2D eigenvalue weighted by Gasteiger charge is -2.38. The van der Waals surface area contributed by atoms with E-state index in [2.05, 4.69) is 16.8 Å². The maximum Gasteiger partial charge on any atom is 0.259 e. The molecule has 2 amide bonds. The van der Waals surface area contributed by atoms with Crippen molar-refractivity contribution >= 4 is 11.8 Å². The summed E-state index contributed by atoms with van der Waals surface area (Å²) < 4.78 is 11.3. The Balaban J connectivity index is 1.88. The molecule has 0 radical (unpaired) electrons. The van der Waals surface area contributed by atoms with Crippen molar-refractivity contribution < 1.29 is 24.2 Å². The zero-order valence-corrected chi connectivity index (χ0v) is 20.7. The van der Waals surface area contributed by atoms with Gasteiger partial charge >= 0.3 is 0 Å². The molecule has 1 aromatic heterocycles. The Kier molecular flexibility index (Phi) is 9.31. The van der Waals surface area contributed by atoms with Gasteiger partial charge in [0.2, 0.25) is 11.8 Å². The summed E-state index contributed by atoms with van der Waals surface area (Å²) in [6.07, 6.45) is 6.51. The van der Waals surface area contributed by atoms with E-state index in [0.29, 0.717) is 24.2 Å². The van der Waals surface area contributed by atoms with E-state index in [4.69, 9.17) is 9.47 Å². The maximum atomic E-state index is 13.4. The highest BCUT2D eigenvalue weighted by atomic mass is 16.5. The van der Waals surface area contributed by atoms with Gasteiger partial charge in [-0.05, 0) is 25.8 Å². The molecule has 2 aliphatic rings. The third-order valence-corrected chi connectivity index (χ3v) is 6.75. The number of likely N-dealkylation sites (N-methyl/N-ethyl adjacent to an activating group) is 1. The Labute approximate surface area is 202 Å². The molecule has 1 saturated carbocycles. The maximum absolute atomic E-state index is 13.4. The molecule has 2 heterocycles. The summed E-state index contributed by atoms with van der Waals surface area (Å²) in [6, 6.07) is 1.31. The smallest absolute Gasteiger partial charge is 0.259 e. The van der Waals surface area contributed by atoms with E-state index in [1.807, 2.05) is 20.9 Å². The first kappa shape index (κ1) is 26.0. The van der Waals surface area contributed by atoms with E-state index in [1.54, 1.807) is 29.2 Å². The van der Waals surface area contributed by atoms with Crippen LogP contribution in [0.15, 0.2) is 12.3 Å². The van der Waals surface area contributed by atoms with Crippen LogP contribution in [-0.4, -0.2) is 84.3 Å². The number of fused-ring (bicyclic) bond motifs is 1. The average molecular weight is 472 g/mol. The highest BCUT2D eigenvalue weighted by Crippen LogP contribution is 2.29. The summed E-state index contributed by atoms with van der Waals surface area (Å²) in [5.41, 5.74) is 0.891. The predicted octanol–water partition coefficient (Wildman–Crippen LogP) is 2.34. The monoisotopic (exact) mass is 471 g/mol. The molecule has 0 aromatic carbocycles. The third kappa shape index (κ3) is 6.28. The van der Waals surface area contributed by atoms with Gasteiger partial charge in [-0.2, -0.15) is 0 Å². The van der Waals surface area contributed by atoms with Crippen molar-refractivity contribution in [1.29, 1.82) is 0 Å². The standard InChI is InChI=1S/C26H37N3O5/c1-18-15-29(19(2)17-30)26(32)22-13-20(9-8-12-33-4)14-27-24(22)34-23(18)16-28(3)25(31)21-10-6-5-7-11-21/h13-14,18-19,21,23,30H,5-7,10-12,15-17H2,1-4H3/t18-,19+,23-/m1/s1. The molecule has 8 nitrogen and oxygen atoms in total. The zero-order valence-electron chi connectivity index (χ0n) is 20.7. The van der Waals surface area contributed by atoms with Crippen LogP contribution in [0.3, 0.4) is 0 Å². The third-order valence-electron chi connectivity index (χ3n) is 6.75. The minimum absolute atomic E-state index is 0.0734. The lowest BCUT2D eigenvalue weighted by molar-refractivity contribution is -0.136. The number of hydrogen-bond acceptors (Lipinski definition) is 6. The van der Waals surface area contributed by atoms with Gasteiger partial charge in [0, 0.05) is 44.3 Å². The summed E-state index contributed by atoms with van der Waals surface area (Å²) in [5.74, 6) is 5.96. The second-order valence-electron chi connectivity index (χ2n) is 9.49. The summed E-state index contributed by atoms with van der Waals surface area (Å²) in [5, 5.41) is 9.80. The summed E-state index contributed by atoms with van der Waals surface area (Å²) in [4.78, 5) is 34.3. The van der Waals surface area contributed by atoms with Crippen LogP contribution in [0.2, 0.25) is 0 Å². The fourth-order valence-corrected chi connectivity index (χ4v) is 4.62. The number of rotatable bonds is 6. The number of aliphatic hydroxyl groups excluding tert-OH is 1. The second kappa shape index (κ2) is 12.2. The molecule has 0 unspecified atom stereocenters. The van der Waals surface area contributed by atoms with Gasteiger partial charge in [-0.15, -0.1) is 0 Å². The van der Waals surface area contributed by atoms with Crippen molar-refractivity contribution in [1.82, 2.24) is 14.8 Å². The van der Waals surface area contributed by atoms with Gasteiger partial charge in [-0.25, -0.2) is 4.98 Å². The highest BCUT2D eigenvalue weighted by Gasteiger charge is 2.35. The zero-order chi connectivity index (χ0) is 24.7. The number of amides is 2. The van der Waals surface area contributed by atoms with E-state index in [0.717, 1.165) is 25.7 Å². The summed E-state index contributed by atoms with van der Waals surface area (Å²) in [7, 11) is 3.39. The molecule has 1 aliphatic carbocycles. The van der Waals surface area contributed by atoms with Gasteiger partial charge in [0.25, 0.3) is 5.91 Å². The topological polar surface area (TPSA) is 92.2 Å². The predicted molar refractivity (Wildman–Crippen MR) is 128 cm³/mol. The average Bonchev–Trinajstić information content (AvgIpc) is 2.86. The SMILES string of the molecule is COCC#Cc1cnc2c(c1)C(=O)N([C@@H](C)CO)C[C@@H](C)[C@@H](CN(C)C(=O)C1CCCCC1)O2. The molecule has 1 aromatic rings. The number of methoxy groups -OCH3 is 1. The quantitative estimate of drug-likeness (QED) is 0.641. The molecule has 0 bridgehead atoms. The number of ether oxygens (including phenoxy) is 2. The first-order valence-corrected chi connectivity index (χ1v) is 12.2. The minimum Gasteiger partial charge on any atom is -0.472 e. The fourth-order valence-electron chi connectivity index (χ4n) is 4.62. The van der Waals surface area contributed by atoms with E-state index in [9.17, 15) is 14.7 Å². The molecular formula is C26H37N3O5.